The molecule has 5 rings (SSSR count). The summed E-state index contributed by atoms with van der Waals surface area (Å²) in [7, 11) is 0. The molecule has 0 saturated heterocycles. The third-order valence-electron chi connectivity index (χ3n) is 9.09. The largest absolute Gasteiger partial charge is 0.494 e. The number of rotatable bonds is 19. The number of benzene rings is 4. The molecule has 1 heterocycles. The summed E-state index contributed by atoms with van der Waals surface area (Å²) in [5, 5.41) is 9.62. The van der Waals surface area contributed by atoms with E-state index in [-0.39, 0.29) is 24.7 Å². The zero-order chi connectivity index (χ0) is 35.3. The van der Waals surface area contributed by atoms with E-state index in [1.807, 2.05) is 54.6 Å². The van der Waals surface area contributed by atoms with E-state index in [0.717, 1.165) is 71.7 Å². The van der Waals surface area contributed by atoms with E-state index >= 15 is 0 Å². The predicted octanol–water partition coefficient (Wildman–Crippen LogP) is 8.55. The van der Waals surface area contributed by atoms with E-state index in [1.54, 1.807) is 24.3 Å². The van der Waals surface area contributed by atoms with Crippen molar-refractivity contribution < 1.29 is 24.2 Å². The normalized spacial score (nSPS) is 11.9. The van der Waals surface area contributed by atoms with E-state index in [2.05, 4.69) is 26.0 Å². The van der Waals surface area contributed by atoms with Crippen LogP contribution in [0, 0.1) is 0 Å². The first-order valence-corrected chi connectivity index (χ1v) is 17.9. The van der Waals surface area contributed by atoms with Crippen LogP contribution in [-0.4, -0.2) is 46.5 Å². The van der Waals surface area contributed by atoms with Gasteiger partial charge in [-0.25, -0.2) is 0 Å². The maximum atomic E-state index is 13.5. The molecule has 1 aliphatic rings. The van der Waals surface area contributed by atoms with Gasteiger partial charge in [0, 0.05) is 43.5 Å². The van der Waals surface area contributed by atoms with Gasteiger partial charge in [0.15, 0.2) is 0 Å². The lowest BCUT2D eigenvalue weighted by Gasteiger charge is -2.21. The Kier molecular flexibility index (Phi) is 13.1. The molecule has 7 nitrogen and oxygen atoms in total. The summed E-state index contributed by atoms with van der Waals surface area (Å²) in [5.41, 5.74) is 8.43. The van der Waals surface area contributed by atoms with Crippen molar-refractivity contribution in [3.05, 3.63) is 130 Å². The van der Waals surface area contributed by atoms with Gasteiger partial charge in [-0.05, 0) is 76.6 Å². The number of ketones is 1. The van der Waals surface area contributed by atoms with Crippen molar-refractivity contribution in [2.24, 2.45) is 4.99 Å². The average Bonchev–Trinajstić information content (AvgIpc) is 3.52. The number of nitrogens with zero attached hydrogens (tertiary/aromatic N) is 2. The second kappa shape index (κ2) is 18.1. The predicted molar refractivity (Wildman–Crippen MR) is 199 cm³/mol. The number of carbonyl (C=O) groups is 3. The van der Waals surface area contributed by atoms with Gasteiger partial charge in [0.1, 0.15) is 18.1 Å². The molecule has 1 N–H and O–H groups in total. The fourth-order valence-electron chi connectivity index (χ4n) is 6.27. The molecule has 0 bridgehead atoms. The molecule has 0 spiro atoms. The molecule has 0 radical (unpaired) electrons. The minimum absolute atomic E-state index is 0.0922. The number of unbranched alkanes of at least 4 members (excludes halogenated alkanes) is 4. The van der Waals surface area contributed by atoms with E-state index in [1.165, 1.54) is 41.7 Å². The van der Waals surface area contributed by atoms with E-state index in [4.69, 9.17) is 9.73 Å². The van der Waals surface area contributed by atoms with Gasteiger partial charge in [-0.3, -0.25) is 19.4 Å². The number of hydrogen-bond donors (Lipinski definition) is 1. The van der Waals surface area contributed by atoms with Crippen molar-refractivity contribution in [1.29, 1.82) is 0 Å². The Morgan fingerprint density at radius 1 is 0.740 bits per heavy atom. The lowest BCUT2D eigenvalue weighted by Crippen LogP contribution is -2.35. The van der Waals surface area contributed by atoms with Gasteiger partial charge in [0.05, 0.1) is 12.3 Å². The number of aliphatic imine (C=N–C) groups is 1. The van der Waals surface area contributed by atoms with Crippen LogP contribution in [0.4, 0.5) is 5.69 Å². The number of carboxylic acid groups (broad SMARTS) is 1. The zero-order valence-corrected chi connectivity index (χ0v) is 29.3. The van der Waals surface area contributed by atoms with Crippen LogP contribution < -0.4 is 4.74 Å². The van der Waals surface area contributed by atoms with Crippen molar-refractivity contribution in [3.8, 4) is 5.75 Å². The van der Waals surface area contributed by atoms with Crippen LogP contribution in [0.25, 0.3) is 0 Å². The summed E-state index contributed by atoms with van der Waals surface area (Å²) in [6, 6.07) is 29.1. The number of hydrogen-bond acceptors (Lipinski definition) is 5. The quantitative estimate of drug-likeness (QED) is 0.101. The number of Topliss-reactive ketones (excluding diaryl/α,β-unsaturated/α-hetero) is 1. The molecular formula is C43H48N2O5. The first-order valence-electron chi connectivity index (χ1n) is 17.9. The van der Waals surface area contributed by atoms with Crippen molar-refractivity contribution in [2.45, 2.75) is 84.6 Å². The number of carbonyl (C=O) groups excluding carboxylic acids is 2. The van der Waals surface area contributed by atoms with E-state index in [9.17, 15) is 19.5 Å². The number of amides is 1. The molecule has 1 amide bonds. The van der Waals surface area contributed by atoms with Crippen molar-refractivity contribution in [3.63, 3.8) is 0 Å². The van der Waals surface area contributed by atoms with Crippen LogP contribution in [0.5, 0.6) is 5.75 Å². The molecule has 0 aromatic heterocycles. The van der Waals surface area contributed by atoms with Gasteiger partial charge in [-0.1, -0.05) is 100 Å². The lowest BCUT2D eigenvalue weighted by atomic mass is 10.0. The van der Waals surface area contributed by atoms with Gasteiger partial charge in [0.25, 0.3) is 5.91 Å². The summed E-state index contributed by atoms with van der Waals surface area (Å²) in [6.07, 6.45) is 9.13. The van der Waals surface area contributed by atoms with Crippen molar-refractivity contribution >= 4 is 29.1 Å². The number of aryl methyl sites for hydroxylation is 1. The average molecular weight is 673 g/mol. The fourth-order valence-corrected chi connectivity index (χ4v) is 6.27. The first-order chi connectivity index (χ1) is 24.3. The van der Waals surface area contributed by atoms with Gasteiger partial charge >= 0.3 is 5.97 Å². The molecule has 7 heteroatoms. The Balaban J connectivity index is 1.16. The first kappa shape index (κ1) is 36.2. The summed E-state index contributed by atoms with van der Waals surface area (Å²) in [5.74, 6) is -0.483. The van der Waals surface area contributed by atoms with Crippen LogP contribution in [0.2, 0.25) is 0 Å². The molecule has 4 aromatic carbocycles. The molecule has 0 fully saturated rings. The Bertz CT molecular complexity index is 1780. The number of aliphatic carboxylic acids is 1. The highest BCUT2D eigenvalue weighted by Crippen LogP contribution is 2.30. The molecule has 1 aliphatic heterocycles. The minimum atomic E-state index is -1.09. The van der Waals surface area contributed by atoms with Gasteiger partial charge in [0.2, 0.25) is 0 Å². The number of carboxylic acids is 1. The Morgan fingerprint density at radius 3 is 2.02 bits per heavy atom. The Hall–Kier alpha value is -5.04. The highest BCUT2D eigenvalue weighted by Gasteiger charge is 2.21. The molecule has 0 aliphatic carbocycles. The van der Waals surface area contributed by atoms with Crippen LogP contribution in [-0.2, 0) is 48.2 Å². The summed E-state index contributed by atoms with van der Waals surface area (Å²) >= 11 is 0. The standard InChI is InChI=1S/C43H48N2O5/c1-3-5-6-7-8-23-50-40-21-16-32(17-22-40)24-38-28-37-20-15-35(27-41(37)44-38)29-45(30-42(47)48)43(49)36-18-13-34(14-19-36)26-39(46)25-33-11-9-31(4-2)10-12-33/h9-22,27H,3-8,23-26,28-30H2,1-2H3,(H,47,48). The second-order valence-electron chi connectivity index (χ2n) is 13.2. The maximum absolute atomic E-state index is 13.5. The zero-order valence-electron chi connectivity index (χ0n) is 29.3. The van der Waals surface area contributed by atoms with Crippen molar-refractivity contribution in [1.82, 2.24) is 4.90 Å². The second-order valence-corrected chi connectivity index (χ2v) is 13.2. The SMILES string of the molecule is CCCCCCCOc1ccc(CC2=Nc3cc(CN(CC(=O)O)C(=O)c4ccc(CC(=O)Cc5ccc(CC)cc5)cc4)ccc3C2)cc1. The van der Waals surface area contributed by atoms with Crippen LogP contribution in [0.15, 0.2) is 96.0 Å². The number of ether oxygens (including phenoxy) is 1. The maximum Gasteiger partial charge on any atom is 0.323 e. The molecule has 4 aromatic rings. The number of fused-ring (bicyclic) bond motifs is 1. The smallest absolute Gasteiger partial charge is 0.323 e. The molecular weight excluding hydrogens is 624 g/mol. The highest BCUT2D eigenvalue weighted by molar-refractivity contribution is 5.97. The molecule has 0 saturated carbocycles. The Morgan fingerprint density at radius 2 is 1.36 bits per heavy atom. The van der Waals surface area contributed by atoms with Crippen molar-refractivity contribution in [2.75, 3.05) is 13.2 Å². The topological polar surface area (TPSA) is 96.3 Å². The van der Waals surface area contributed by atoms with Crippen LogP contribution in [0.3, 0.4) is 0 Å². The fraction of sp³-hybridized carbons (Fsp3) is 0.349. The third-order valence-corrected chi connectivity index (χ3v) is 9.09. The molecule has 0 atom stereocenters. The summed E-state index contributed by atoms with van der Waals surface area (Å²) < 4.78 is 5.91. The van der Waals surface area contributed by atoms with Crippen LogP contribution >= 0.6 is 0 Å². The summed E-state index contributed by atoms with van der Waals surface area (Å²) in [6.45, 7) is 4.77. The van der Waals surface area contributed by atoms with Gasteiger partial charge < -0.3 is 14.7 Å². The third kappa shape index (κ3) is 10.7. The van der Waals surface area contributed by atoms with Gasteiger partial charge in [-0.15, -0.1) is 0 Å². The highest BCUT2D eigenvalue weighted by atomic mass is 16.5. The lowest BCUT2D eigenvalue weighted by molar-refractivity contribution is -0.137. The van der Waals surface area contributed by atoms with E-state index in [0.29, 0.717) is 12.0 Å². The molecule has 50 heavy (non-hydrogen) atoms. The van der Waals surface area contributed by atoms with Gasteiger partial charge in [-0.2, -0.15) is 0 Å². The molecule has 260 valence electrons. The minimum Gasteiger partial charge on any atom is -0.494 e. The summed E-state index contributed by atoms with van der Waals surface area (Å²) in [4.78, 5) is 44.2. The monoisotopic (exact) mass is 672 g/mol. The van der Waals surface area contributed by atoms with E-state index < -0.39 is 12.5 Å². The van der Waals surface area contributed by atoms with Crippen LogP contribution in [0.1, 0.15) is 89.7 Å². The Labute approximate surface area is 296 Å². The molecule has 0 unspecified atom stereocenters.